The monoisotopic (exact) mass is 275 g/mol. The number of carbonyl (C=O) groups is 1. The zero-order chi connectivity index (χ0) is 13.9. The predicted octanol–water partition coefficient (Wildman–Crippen LogP) is 1.76. The molecule has 1 N–H and O–H groups in total. The number of likely N-dealkylation sites (tertiary alicyclic amines) is 1. The Morgan fingerprint density at radius 1 is 1.55 bits per heavy atom. The van der Waals surface area contributed by atoms with Gasteiger partial charge < -0.3 is 19.2 Å². The van der Waals surface area contributed by atoms with Crippen LogP contribution in [0.1, 0.15) is 23.3 Å². The molecule has 6 heteroatoms. The molecule has 1 unspecified atom stereocenters. The van der Waals surface area contributed by atoms with Crippen molar-refractivity contribution in [3.8, 4) is 11.5 Å². The van der Waals surface area contributed by atoms with Crippen LogP contribution in [0.4, 0.5) is 0 Å². The molecular formula is C14H17N3O3. The zero-order valence-corrected chi connectivity index (χ0v) is 11.3. The topological polar surface area (TPSA) is 71.5 Å². The molecule has 2 aromatic rings. The number of nitrogens with one attached hydrogen (secondary N) is 1. The Kier molecular flexibility index (Phi) is 3.56. The lowest BCUT2D eigenvalue weighted by Crippen LogP contribution is -2.40. The number of rotatable bonds is 4. The van der Waals surface area contributed by atoms with Crippen LogP contribution in [0.2, 0.25) is 0 Å². The van der Waals surface area contributed by atoms with E-state index in [9.17, 15) is 4.79 Å². The highest BCUT2D eigenvalue weighted by Crippen LogP contribution is 2.23. The van der Waals surface area contributed by atoms with Crippen molar-refractivity contribution in [2.75, 3.05) is 20.1 Å². The summed E-state index contributed by atoms with van der Waals surface area (Å²) in [6.07, 6.45) is 3.61. The van der Waals surface area contributed by atoms with E-state index in [0.29, 0.717) is 17.2 Å². The van der Waals surface area contributed by atoms with Gasteiger partial charge in [-0.05, 0) is 32.0 Å². The largest absolute Gasteiger partial charge is 0.461 e. The summed E-state index contributed by atoms with van der Waals surface area (Å²) in [5, 5.41) is 6.99. The number of hydrogen-bond donors (Lipinski definition) is 1. The van der Waals surface area contributed by atoms with Crippen molar-refractivity contribution in [1.82, 2.24) is 15.4 Å². The van der Waals surface area contributed by atoms with Crippen molar-refractivity contribution in [3.05, 3.63) is 30.2 Å². The molecule has 20 heavy (non-hydrogen) atoms. The lowest BCUT2D eigenvalue weighted by atomic mass is 10.2. The highest BCUT2D eigenvalue weighted by molar-refractivity contribution is 5.93. The Bertz CT molecular complexity index is 576. The Morgan fingerprint density at radius 2 is 2.45 bits per heavy atom. The van der Waals surface area contributed by atoms with Gasteiger partial charge in [0.1, 0.15) is 0 Å². The number of carbonyl (C=O) groups excluding carboxylic acids is 1. The normalized spacial score (nSPS) is 18.6. The number of likely N-dealkylation sites (N-methyl/N-ethyl adjacent to an activating group) is 1. The number of aromatic nitrogens is 1. The molecule has 6 nitrogen and oxygen atoms in total. The van der Waals surface area contributed by atoms with Crippen LogP contribution >= 0.6 is 0 Å². The Balaban J connectivity index is 1.77. The first-order valence-corrected chi connectivity index (χ1v) is 6.76. The van der Waals surface area contributed by atoms with Gasteiger partial charge in [-0.3, -0.25) is 4.79 Å². The van der Waals surface area contributed by atoms with Gasteiger partial charge in [0.25, 0.3) is 5.91 Å². The second-order valence-electron chi connectivity index (χ2n) is 4.91. The van der Waals surface area contributed by atoms with E-state index in [1.165, 1.54) is 0 Å². The van der Waals surface area contributed by atoms with Crippen LogP contribution in [-0.4, -0.2) is 42.1 Å². The minimum atomic E-state index is -0.0793. The van der Waals surface area contributed by atoms with Gasteiger partial charge in [-0.1, -0.05) is 5.16 Å². The van der Waals surface area contributed by atoms with Crippen LogP contribution < -0.4 is 5.32 Å². The van der Waals surface area contributed by atoms with E-state index >= 15 is 0 Å². The van der Waals surface area contributed by atoms with Gasteiger partial charge in [0, 0.05) is 25.2 Å². The highest BCUT2D eigenvalue weighted by Gasteiger charge is 2.30. The maximum Gasteiger partial charge on any atom is 0.276 e. The van der Waals surface area contributed by atoms with E-state index in [4.69, 9.17) is 8.94 Å². The summed E-state index contributed by atoms with van der Waals surface area (Å²) >= 11 is 0. The molecule has 106 valence electrons. The summed E-state index contributed by atoms with van der Waals surface area (Å²) in [4.78, 5) is 14.3. The molecular weight excluding hydrogens is 258 g/mol. The Labute approximate surface area is 116 Å². The van der Waals surface area contributed by atoms with Gasteiger partial charge in [0.05, 0.1) is 6.26 Å². The smallest absolute Gasteiger partial charge is 0.276 e. The van der Waals surface area contributed by atoms with Gasteiger partial charge in [0.2, 0.25) is 5.76 Å². The summed E-state index contributed by atoms with van der Waals surface area (Å²) in [5.74, 6) is 0.969. The first kappa shape index (κ1) is 12.9. The van der Waals surface area contributed by atoms with Gasteiger partial charge in [-0.25, -0.2) is 0 Å². The van der Waals surface area contributed by atoms with Crippen LogP contribution in [0.15, 0.2) is 33.4 Å². The fourth-order valence-electron chi connectivity index (χ4n) is 2.61. The van der Waals surface area contributed by atoms with E-state index in [-0.39, 0.29) is 11.9 Å². The summed E-state index contributed by atoms with van der Waals surface area (Å²) < 4.78 is 10.4. The summed E-state index contributed by atoms with van der Waals surface area (Å²) in [7, 11) is 1.89. The third-order valence-corrected chi connectivity index (χ3v) is 3.57. The van der Waals surface area contributed by atoms with Crippen LogP contribution in [0.3, 0.4) is 0 Å². The summed E-state index contributed by atoms with van der Waals surface area (Å²) in [6, 6.07) is 5.41. The highest BCUT2D eigenvalue weighted by atomic mass is 16.5. The molecule has 0 bridgehead atoms. The molecule has 1 aliphatic heterocycles. The molecule has 1 amide bonds. The molecule has 0 radical (unpaired) electrons. The first-order chi connectivity index (χ1) is 9.79. The molecule has 0 aliphatic carbocycles. The minimum absolute atomic E-state index is 0.0793. The van der Waals surface area contributed by atoms with Crippen molar-refractivity contribution in [2.24, 2.45) is 0 Å². The van der Waals surface area contributed by atoms with Gasteiger partial charge >= 0.3 is 0 Å². The van der Waals surface area contributed by atoms with Gasteiger partial charge in [-0.15, -0.1) is 0 Å². The third-order valence-electron chi connectivity index (χ3n) is 3.57. The van der Waals surface area contributed by atoms with Crippen molar-refractivity contribution >= 4 is 5.91 Å². The van der Waals surface area contributed by atoms with E-state index in [1.54, 1.807) is 24.5 Å². The second kappa shape index (κ2) is 5.50. The van der Waals surface area contributed by atoms with Crippen LogP contribution in [0.5, 0.6) is 0 Å². The number of furan rings is 1. The zero-order valence-electron chi connectivity index (χ0n) is 11.3. The maximum absolute atomic E-state index is 12.5. The second-order valence-corrected chi connectivity index (χ2v) is 4.91. The average Bonchev–Trinajstić information content (AvgIpc) is 3.19. The lowest BCUT2D eigenvalue weighted by molar-refractivity contribution is 0.0726. The van der Waals surface area contributed by atoms with Crippen LogP contribution in [-0.2, 0) is 0 Å². The lowest BCUT2D eigenvalue weighted by Gasteiger charge is -2.23. The quantitative estimate of drug-likeness (QED) is 0.920. The summed E-state index contributed by atoms with van der Waals surface area (Å²) in [6.45, 7) is 1.57. The van der Waals surface area contributed by atoms with E-state index in [0.717, 1.165) is 25.9 Å². The molecule has 0 spiro atoms. The Morgan fingerprint density at radius 3 is 3.20 bits per heavy atom. The molecule has 0 aromatic carbocycles. The van der Waals surface area contributed by atoms with Gasteiger partial charge in [-0.2, -0.15) is 0 Å². The minimum Gasteiger partial charge on any atom is -0.461 e. The van der Waals surface area contributed by atoms with Crippen molar-refractivity contribution in [2.45, 2.75) is 18.9 Å². The van der Waals surface area contributed by atoms with Crippen molar-refractivity contribution in [3.63, 3.8) is 0 Å². The van der Waals surface area contributed by atoms with Crippen LogP contribution in [0, 0.1) is 0 Å². The van der Waals surface area contributed by atoms with Crippen molar-refractivity contribution in [1.29, 1.82) is 0 Å². The standard InChI is InChI=1S/C14H17N3O3/c1-15-9-10-4-2-6-17(10)14(18)11-8-13(20-16-11)12-5-3-7-19-12/h3,5,7-8,10,15H,2,4,6,9H2,1H3. The average molecular weight is 275 g/mol. The molecule has 1 saturated heterocycles. The molecule has 3 rings (SSSR count). The third kappa shape index (κ3) is 2.34. The maximum atomic E-state index is 12.5. The molecule has 1 atom stereocenters. The van der Waals surface area contributed by atoms with Crippen molar-refractivity contribution < 1.29 is 13.7 Å². The predicted molar refractivity (Wildman–Crippen MR) is 72.2 cm³/mol. The van der Waals surface area contributed by atoms with E-state index in [1.807, 2.05) is 11.9 Å². The SMILES string of the molecule is CNCC1CCCN1C(=O)c1cc(-c2ccco2)on1. The molecule has 1 aliphatic rings. The molecule has 2 aromatic heterocycles. The molecule has 1 fully saturated rings. The van der Waals surface area contributed by atoms with Gasteiger partial charge in [0.15, 0.2) is 11.5 Å². The Hall–Kier alpha value is -2.08. The van der Waals surface area contributed by atoms with E-state index < -0.39 is 0 Å². The first-order valence-electron chi connectivity index (χ1n) is 6.76. The number of nitrogens with zero attached hydrogens (tertiary/aromatic N) is 2. The fourth-order valence-corrected chi connectivity index (χ4v) is 2.61. The number of hydrogen-bond acceptors (Lipinski definition) is 5. The molecule has 3 heterocycles. The van der Waals surface area contributed by atoms with E-state index in [2.05, 4.69) is 10.5 Å². The van der Waals surface area contributed by atoms with Crippen LogP contribution in [0.25, 0.3) is 11.5 Å². The molecule has 0 saturated carbocycles. The number of amides is 1. The fraction of sp³-hybridized carbons (Fsp3) is 0.429. The summed E-state index contributed by atoms with van der Waals surface area (Å²) in [5.41, 5.74) is 0.333.